The maximum atomic E-state index is 13.1. The van der Waals surface area contributed by atoms with E-state index >= 15 is 0 Å². The Morgan fingerprint density at radius 3 is 2.76 bits per heavy atom. The van der Waals surface area contributed by atoms with Crippen LogP contribution >= 0.6 is 0 Å². The summed E-state index contributed by atoms with van der Waals surface area (Å²) in [5.74, 6) is 0.124. The number of aromatic nitrogens is 4. The summed E-state index contributed by atoms with van der Waals surface area (Å²) < 4.78 is 41.2. The van der Waals surface area contributed by atoms with Crippen molar-refractivity contribution >= 4 is 0 Å². The van der Waals surface area contributed by atoms with E-state index in [-0.39, 0.29) is 5.92 Å². The quantitative estimate of drug-likeness (QED) is 0.655. The summed E-state index contributed by atoms with van der Waals surface area (Å²) in [6.45, 7) is 2.56. The normalized spacial score (nSPS) is 18.1. The Hall–Kier alpha value is -2.74. The van der Waals surface area contributed by atoms with Gasteiger partial charge in [-0.2, -0.15) is 18.3 Å². The van der Waals surface area contributed by atoms with Crippen LogP contribution in [-0.2, 0) is 19.8 Å². The average molecular weight is 401 g/mol. The van der Waals surface area contributed by atoms with Crippen LogP contribution in [0.25, 0.3) is 11.3 Å². The van der Waals surface area contributed by atoms with Gasteiger partial charge in [-0.05, 0) is 31.5 Å². The smallest absolute Gasteiger partial charge is 0.298 e. The van der Waals surface area contributed by atoms with Crippen molar-refractivity contribution in [2.45, 2.75) is 31.5 Å². The van der Waals surface area contributed by atoms with Crippen LogP contribution in [0.3, 0.4) is 0 Å². The van der Waals surface area contributed by atoms with Gasteiger partial charge in [0.15, 0.2) is 0 Å². The molecule has 1 atom stereocenters. The van der Waals surface area contributed by atoms with Gasteiger partial charge >= 0.3 is 6.18 Å². The zero-order valence-corrected chi connectivity index (χ0v) is 16.1. The second kappa shape index (κ2) is 7.94. The van der Waals surface area contributed by atoms with Gasteiger partial charge in [-0.3, -0.25) is 19.5 Å². The number of benzene rings is 1. The van der Waals surface area contributed by atoms with Crippen molar-refractivity contribution in [3.05, 3.63) is 65.9 Å². The van der Waals surface area contributed by atoms with E-state index in [1.807, 2.05) is 19.4 Å². The molecule has 5 nitrogen and oxygen atoms in total. The fourth-order valence-corrected chi connectivity index (χ4v) is 3.95. The minimum atomic E-state index is -4.39. The zero-order valence-electron chi connectivity index (χ0n) is 16.1. The van der Waals surface area contributed by atoms with E-state index in [9.17, 15) is 13.2 Å². The lowest BCUT2D eigenvalue weighted by molar-refractivity contribution is -0.137. The van der Waals surface area contributed by atoms with Crippen LogP contribution in [0.2, 0.25) is 0 Å². The molecule has 8 heteroatoms. The molecule has 2 aromatic heterocycles. The van der Waals surface area contributed by atoms with Gasteiger partial charge < -0.3 is 0 Å². The van der Waals surface area contributed by atoms with Crippen LogP contribution in [0.1, 0.15) is 35.6 Å². The van der Waals surface area contributed by atoms with Crippen molar-refractivity contribution in [2.75, 3.05) is 13.1 Å². The zero-order chi connectivity index (χ0) is 20.4. The lowest BCUT2D eigenvalue weighted by Gasteiger charge is -2.32. The van der Waals surface area contributed by atoms with Crippen LogP contribution in [0.4, 0.5) is 13.2 Å². The second-order valence-corrected chi connectivity index (χ2v) is 7.47. The molecule has 29 heavy (non-hydrogen) atoms. The summed E-state index contributed by atoms with van der Waals surface area (Å²) >= 11 is 0. The minimum Gasteiger partial charge on any atom is -0.298 e. The molecule has 3 aromatic rings. The maximum Gasteiger partial charge on any atom is 0.416 e. The number of hydrogen-bond acceptors (Lipinski definition) is 4. The summed E-state index contributed by atoms with van der Waals surface area (Å²) in [7, 11) is 1.89. The molecule has 1 aliphatic heterocycles. The van der Waals surface area contributed by atoms with Gasteiger partial charge in [0.05, 0.1) is 23.1 Å². The highest BCUT2D eigenvalue weighted by Crippen LogP contribution is 2.35. The molecule has 152 valence electrons. The van der Waals surface area contributed by atoms with Crippen LogP contribution < -0.4 is 0 Å². The Bertz CT molecular complexity index is 982. The SMILES string of the molecule is Cn1cc(CN2CCC[C@@H](c3nccnc3-c3cccc(C(F)(F)F)c3)C2)cn1. The Morgan fingerprint density at radius 2 is 2.00 bits per heavy atom. The second-order valence-electron chi connectivity index (χ2n) is 7.47. The van der Waals surface area contributed by atoms with Crippen molar-refractivity contribution in [1.82, 2.24) is 24.6 Å². The maximum absolute atomic E-state index is 13.1. The molecule has 4 rings (SSSR count). The number of alkyl halides is 3. The molecular formula is C21H22F3N5. The molecule has 0 radical (unpaired) electrons. The predicted octanol–water partition coefficient (Wildman–Crippen LogP) is 4.28. The third-order valence-electron chi connectivity index (χ3n) is 5.25. The van der Waals surface area contributed by atoms with Crippen molar-refractivity contribution < 1.29 is 13.2 Å². The van der Waals surface area contributed by atoms with Crippen LogP contribution in [0, 0.1) is 0 Å². The monoisotopic (exact) mass is 401 g/mol. The van der Waals surface area contributed by atoms with Crippen molar-refractivity contribution in [1.29, 1.82) is 0 Å². The van der Waals surface area contributed by atoms with Gasteiger partial charge in [-0.15, -0.1) is 0 Å². The average Bonchev–Trinajstić information content (AvgIpc) is 3.12. The summed E-state index contributed by atoms with van der Waals surface area (Å²) in [4.78, 5) is 11.3. The molecule has 1 aliphatic rings. The molecule has 0 saturated carbocycles. The standard InChI is InChI=1S/C21H22F3N5/c1-28-12-15(11-27-28)13-29-9-3-5-17(14-29)20-19(25-7-8-26-20)16-4-2-6-18(10-16)21(22,23)24/h2,4,6-8,10-12,17H,3,5,9,13-14H2,1H3/t17-/m1/s1. The van der Waals surface area contributed by atoms with E-state index in [0.29, 0.717) is 11.3 Å². The van der Waals surface area contributed by atoms with E-state index < -0.39 is 11.7 Å². The molecular weight excluding hydrogens is 379 g/mol. The Morgan fingerprint density at radius 1 is 1.17 bits per heavy atom. The number of piperidine rings is 1. The molecule has 0 unspecified atom stereocenters. The summed E-state index contributed by atoms with van der Waals surface area (Å²) in [6, 6.07) is 5.32. The number of hydrogen-bond donors (Lipinski definition) is 0. The van der Waals surface area contributed by atoms with Crippen LogP contribution in [-0.4, -0.2) is 37.7 Å². The first kappa shape index (κ1) is 19.6. The minimum absolute atomic E-state index is 0.124. The molecule has 1 fully saturated rings. The summed E-state index contributed by atoms with van der Waals surface area (Å²) in [6.07, 6.45) is 4.57. The third-order valence-corrected chi connectivity index (χ3v) is 5.25. The van der Waals surface area contributed by atoms with Gasteiger partial charge in [-0.1, -0.05) is 12.1 Å². The highest BCUT2D eigenvalue weighted by molar-refractivity contribution is 5.63. The number of aryl methyl sites for hydroxylation is 1. The first-order valence-corrected chi connectivity index (χ1v) is 9.58. The number of halogens is 3. The Balaban J connectivity index is 1.59. The first-order chi connectivity index (χ1) is 13.9. The van der Waals surface area contributed by atoms with E-state index in [1.54, 1.807) is 16.9 Å². The lowest BCUT2D eigenvalue weighted by atomic mass is 9.91. The molecule has 1 aromatic carbocycles. The van der Waals surface area contributed by atoms with Gasteiger partial charge in [0.2, 0.25) is 0 Å². The van der Waals surface area contributed by atoms with Gasteiger partial charge in [0.1, 0.15) is 0 Å². The lowest BCUT2D eigenvalue weighted by Crippen LogP contribution is -2.34. The van der Waals surface area contributed by atoms with E-state index in [2.05, 4.69) is 20.0 Å². The number of likely N-dealkylation sites (tertiary alicyclic amines) is 1. The molecule has 3 heterocycles. The highest BCUT2D eigenvalue weighted by atomic mass is 19.4. The van der Waals surface area contributed by atoms with Crippen LogP contribution in [0.15, 0.2) is 49.1 Å². The molecule has 0 spiro atoms. The molecule has 0 bridgehead atoms. The summed E-state index contributed by atoms with van der Waals surface area (Å²) in [5, 5.41) is 4.22. The predicted molar refractivity (Wildman–Crippen MR) is 103 cm³/mol. The van der Waals surface area contributed by atoms with Crippen LogP contribution in [0.5, 0.6) is 0 Å². The van der Waals surface area contributed by atoms with E-state index in [4.69, 9.17) is 0 Å². The fraction of sp³-hybridized carbons (Fsp3) is 0.381. The van der Waals surface area contributed by atoms with Gasteiger partial charge in [0, 0.05) is 55.8 Å². The third kappa shape index (κ3) is 4.48. The van der Waals surface area contributed by atoms with Crippen molar-refractivity contribution in [3.63, 3.8) is 0 Å². The molecule has 1 saturated heterocycles. The Kier molecular flexibility index (Phi) is 5.36. The largest absolute Gasteiger partial charge is 0.416 e. The van der Waals surface area contributed by atoms with Crippen molar-refractivity contribution in [2.24, 2.45) is 7.05 Å². The van der Waals surface area contributed by atoms with Gasteiger partial charge in [-0.25, -0.2) is 0 Å². The first-order valence-electron chi connectivity index (χ1n) is 9.58. The molecule has 0 aliphatic carbocycles. The molecule has 0 amide bonds. The van der Waals surface area contributed by atoms with E-state index in [1.165, 1.54) is 12.3 Å². The number of rotatable bonds is 4. The summed E-state index contributed by atoms with van der Waals surface area (Å²) in [5.41, 5.74) is 2.22. The Labute approximate surface area is 167 Å². The number of nitrogens with zero attached hydrogens (tertiary/aromatic N) is 5. The highest BCUT2D eigenvalue weighted by Gasteiger charge is 2.31. The van der Waals surface area contributed by atoms with E-state index in [0.717, 1.165) is 55.9 Å². The molecule has 0 N–H and O–H groups in total. The fourth-order valence-electron chi connectivity index (χ4n) is 3.95. The topological polar surface area (TPSA) is 46.8 Å². The van der Waals surface area contributed by atoms with Crippen molar-refractivity contribution in [3.8, 4) is 11.3 Å². The van der Waals surface area contributed by atoms with Gasteiger partial charge in [0.25, 0.3) is 0 Å².